The molecule has 0 aliphatic carbocycles. The van der Waals surface area contributed by atoms with Crippen molar-refractivity contribution in [1.82, 2.24) is 20.5 Å². The van der Waals surface area contributed by atoms with Gasteiger partial charge in [-0.15, -0.1) is 30.6 Å². The highest BCUT2D eigenvalue weighted by molar-refractivity contribution is 14.0. The average molecular weight is 495 g/mol. The number of aryl methyl sites for hydroxylation is 1. The summed E-state index contributed by atoms with van der Waals surface area (Å²) in [6.07, 6.45) is 8.55. The highest BCUT2D eigenvalue weighted by atomic mass is 127. The summed E-state index contributed by atoms with van der Waals surface area (Å²) in [7, 11) is 0. The van der Waals surface area contributed by atoms with Gasteiger partial charge >= 0.3 is 0 Å². The number of rotatable bonds is 8. The van der Waals surface area contributed by atoms with Crippen LogP contribution in [0.3, 0.4) is 0 Å². The van der Waals surface area contributed by atoms with E-state index in [-0.39, 0.29) is 24.0 Å². The van der Waals surface area contributed by atoms with Gasteiger partial charge in [0.05, 0.1) is 0 Å². The van der Waals surface area contributed by atoms with Crippen LogP contribution in [0.25, 0.3) is 10.9 Å². The number of likely N-dealkylation sites (tertiary alicyclic amines) is 1. The normalized spacial score (nSPS) is 16.0. The number of hydrogen-bond acceptors (Lipinski definition) is 2. The fraction of sp³-hybridized carbons (Fsp3) is 0.500. The van der Waals surface area contributed by atoms with Gasteiger partial charge in [0.15, 0.2) is 5.96 Å². The molecule has 1 aliphatic heterocycles. The van der Waals surface area contributed by atoms with Crippen LogP contribution in [-0.2, 0) is 6.42 Å². The molecule has 6 heteroatoms. The molecule has 3 rings (SSSR count). The highest BCUT2D eigenvalue weighted by Crippen LogP contribution is 2.18. The number of fused-ring (bicyclic) bond motifs is 1. The zero-order valence-corrected chi connectivity index (χ0v) is 19.2. The smallest absolute Gasteiger partial charge is 0.191 e. The van der Waals surface area contributed by atoms with Crippen molar-refractivity contribution in [2.75, 3.05) is 32.7 Å². The summed E-state index contributed by atoms with van der Waals surface area (Å²) in [4.78, 5) is 10.6. The summed E-state index contributed by atoms with van der Waals surface area (Å²) < 4.78 is 0. The van der Waals surface area contributed by atoms with Crippen molar-refractivity contribution in [2.24, 2.45) is 4.99 Å². The summed E-state index contributed by atoms with van der Waals surface area (Å²) >= 11 is 0. The zero-order chi connectivity index (χ0) is 18.9. The van der Waals surface area contributed by atoms with Crippen LogP contribution in [0.5, 0.6) is 0 Å². The van der Waals surface area contributed by atoms with E-state index in [0.29, 0.717) is 6.04 Å². The van der Waals surface area contributed by atoms with E-state index >= 15 is 0 Å². The van der Waals surface area contributed by atoms with Gasteiger partial charge in [0.2, 0.25) is 0 Å². The second-order valence-electron chi connectivity index (χ2n) is 7.23. The van der Waals surface area contributed by atoms with Crippen molar-refractivity contribution in [3.05, 3.63) is 48.7 Å². The molecule has 28 heavy (non-hydrogen) atoms. The molecule has 1 aliphatic rings. The topological polar surface area (TPSA) is 55.5 Å². The molecule has 0 radical (unpaired) electrons. The molecule has 1 aromatic carbocycles. The molecule has 0 unspecified atom stereocenters. The highest BCUT2D eigenvalue weighted by Gasteiger charge is 2.18. The maximum Gasteiger partial charge on any atom is 0.191 e. The number of halogens is 1. The lowest BCUT2D eigenvalue weighted by atomic mass is 10.1. The Balaban J connectivity index is 0.00000280. The van der Waals surface area contributed by atoms with Crippen LogP contribution in [0.4, 0.5) is 0 Å². The predicted octanol–water partition coefficient (Wildman–Crippen LogP) is 3.92. The van der Waals surface area contributed by atoms with Crippen molar-refractivity contribution in [2.45, 2.75) is 38.6 Å². The van der Waals surface area contributed by atoms with Crippen molar-refractivity contribution in [1.29, 1.82) is 0 Å². The number of nitrogens with zero attached hydrogens (tertiary/aromatic N) is 2. The number of piperidine rings is 1. The van der Waals surface area contributed by atoms with E-state index in [0.717, 1.165) is 64.4 Å². The number of para-hydroxylation sites is 1. The summed E-state index contributed by atoms with van der Waals surface area (Å²) in [5.41, 5.74) is 2.60. The third kappa shape index (κ3) is 6.51. The number of nitrogens with one attached hydrogen (secondary N) is 3. The second kappa shape index (κ2) is 12.1. The van der Waals surface area contributed by atoms with E-state index in [4.69, 9.17) is 4.99 Å². The van der Waals surface area contributed by atoms with Crippen LogP contribution >= 0.6 is 24.0 Å². The molecular formula is C22H34IN5. The molecule has 2 heterocycles. The lowest BCUT2D eigenvalue weighted by Gasteiger charge is -2.32. The predicted molar refractivity (Wildman–Crippen MR) is 131 cm³/mol. The number of aliphatic imine (C=N–C) groups is 1. The Morgan fingerprint density at radius 3 is 2.86 bits per heavy atom. The van der Waals surface area contributed by atoms with E-state index in [2.05, 4.69) is 64.5 Å². The number of H-pyrrole nitrogens is 1. The Bertz CT molecular complexity index is 746. The largest absolute Gasteiger partial charge is 0.361 e. The van der Waals surface area contributed by atoms with Crippen LogP contribution in [-0.4, -0.2) is 54.6 Å². The minimum Gasteiger partial charge on any atom is -0.361 e. The molecular weight excluding hydrogens is 461 g/mol. The standard InChI is InChI=1S/C22H33N5.HI/c1-3-14-27-15-11-19(12-16-27)26-22(23-4-2)24-13-7-8-18-17-25-21-10-6-5-9-20(18)21;/h3,5-6,9-10,17,19,25H,1,4,7-8,11-16H2,2H3,(H2,23,24,26);1H. The zero-order valence-electron chi connectivity index (χ0n) is 16.9. The second-order valence-corrected chi connectivity index (χ2v) is 7.23. The third-order valence-electron chi connectivity index (χ3n) is 5.21. The minimum atomic E-state index is 0. The summed E-state index contributed by atoms with van der Waals surface area (Å²) in [6, 6.07) is 9.01. The lowest BCUT2D eigenvalue weighted by Crippen LogP contribution is -2.48. The first kappa shape index (κ1) is 22.7. The summed E-state index contributed by atoms with van der Waals surface area (Å²) in [6.45, 7) is 10.9. The fourth-order valence-electron chi connectivity index (χ4n) is 3.75. The van der Waals surface area contributed by atoms with Gasteiger partial charge in [0.25, 0.3) is 0 Å². The van der Waals surface area contributed by atoms with Gasteiger partial charge in [-0.1, -0.05) is 24.3 Å². The molecule has 0 saturated carbocycles. The SMILES string of the molecule is C=CCN1CCC(NC(=NCCCc2c[nH]c3ccccc23)NCC)CC1.I. The molecule has 0 spiro atoms. The van der Waals surface area contributed by atoms with Crippen LogP contribution in [0.2, 0.25) is 0 Å². The molecule has 3 N–H and O–H groups in total. The first-order chi connectivity index (χ1) is 13.3. The first-order valence-corrected chi connectivity index (χ1v) is 10.2. The Morgan fingerprint density at radius 2 is 2.11 bits per heavy atom. The molecule has 0 bridgehead atoms. The third-order valence-corrected chi connectivity index (χ3v) is 5.21. The molecule has 1 fully saturated rings. The van der Waals surface area contributed by atoms with Crippen molar-refractivity contribution < 1.29 is 0 Å². The molecule has 2 aromatic rings. The van der Waals surface area contributed by atoms with Crippen LogP contribution in [0.15, 0.2) is 48.1 Å². The van der Waals surface area contributed by atoms with Crippen LogP contribution < -0.4 is 10.6 Å². The Morgan fingerprint density at radius 1 is 1.32 bits per heavy atom. The molecule has 154 valence electrons. The quantitative estimate of drug-likeness (QED) is 0.171. The number of hydrogen-bond donors (Lipinski definition) is 3. The van der Waals surface area contributed by atoms with Gasteiger partial charge in [-0.3, -0.25) is 9.89 Å². The van der Waals surface area contributed by atoms with Gasteiger partial charge in [-0.25, -0.2) is 0 Å². The molecule has 5 nitrogen and oxygen atoms in total. The van der Waals surface area contributed by atoms with Crippen molar-refractivity contribution in [3.63, 3.8) is 0 Å². The van der Waals surface area contributed by atoms with Crippen molar-refractivity contribution >= 4 is 40.8 Å². The van der Waals surface area contributed by atoms with Crippen LogP contribution in [0, 0.1) is 0 Å². The first-order valence-electron chi connectivity index (χ1n) is 10.2. The Kier molecular flexibility index (Phi) is 9.84. The van der Waals surface area contributed by atoms with E-state index in [1.54, 1.807) is 0 Å². The number of aromatic amines is 1. The van der Waals surface area contributed by atoms with E-state index < -0.39 is 0 Å². The Labute approximate surface area is 186 Å². The Hall–Kier alpha value is -1.54. The van der Waals surface area contributed by atoms with Crippen molar-refractivity contribution in [3.8, 4) is 0 Å². The van der Waals surface area contributed by atoms with Gasteiger partial charge in [0.1, 0.15) is 0 Å². The summed E-state index contributed by atoms with van der Waals surface area (Å²) in [5, 5.41) is 8.35. The maximum absolute atomic E-state index is 4.80. The van der Waals surface area contributed by atoms with Gasteiger partial charge < -0.3 is 15.6 Å². The number of benzene rings is 1. The van der Waals surface area contributed by atoms with E-state index in [9.17, 15) is 0 Å². The monoisotopic (exact) mass is 495 g/mol. The molecule has 0 amide bonds. The lowest BCUT2D eigenvalue weighted by molar-refractivity contribution is 0.225. The fourth-order valence-corrected chi connectivity index (χ4v) is 3.75. The van der Waals surface area contributed by atoms with Gasteiger partial charge in [0, 0.05) is 55.9 Å². The van der Waals surface area contributed by atoms with E-state index in [1.165, 1.54) is 16.5 Å². The minimum absolute atomic E-state index is 0. The molecule has 0 atom stereocenters. The summed E-state index contributed by atoms with van der Waals surface area (Å²) in [5.74, 6) is 0.957. The number of aromatic nitrogens is 1. The van der Waals surface area contributed by atoms with Gasteiger partial charge in [-0.05, 0) is 44.2 Å². The van der Waals surface area contributed by atoms with Crippen LogP contribution in [0.1, 0.15) is 31.7 Å². The van der Waals surface area contributed by atoms with E-state index in [1.807, 2.05) is 6.08 Å². The molecule has 1 aromatic heterocycles. The number of guanidine groups is 1. The average Bonchev–Trinajstić information content (AvgIpc) is 3.10. The maximum atomic E-state index is 4.80. The van der Waals surface area contributed by atoms with Gasteiger partial charge in [-0.2, -0.15) is 0 Å². The molecule has 1 saturated heterocycles.